The van der Waals surface area contributed by atoms with Gasteiger partial charge in [0, 0.05) is 11.8 Å². The van der Waals surface area contributed by atoms with E-state index in [1.807, 2.05) is 6.92 Å². The minimum atomic E-state index is 0.0392. The molecule has 5 heteroatoms. The molecular weight excluding hydrogens is 286 g/mol. The second kappa shape index (κ2) is 7.20. The molecule has 0 saturated carbocycles. The molecule has 2 rings (SSSR count). The Labute approximate surface area is 129 Å². The Kier molecular flexibility index (Phi) is 5.57. The summed E-state index contributed by atoms with van der Waals surface area (Å²) >= 11 is 3.12. The fourth-order valence-electron chi connectivity index (χ4n) is 1.97. The molecule has 1 aromatic heterocycles. The number of aryl methyl sites for hydroxylation is 1. The van der Waals surface area contributed by atoms with Gasteiger partial charge in [-0.2, -0.15) is 4.37 Å². The number of aromatic nitrogens is 2. The molecule has 0 amide bonds. The molecule has 2 N–H and O–H groups in total. The summed E-state index contributed by atoms with van der Waals surface area (Å²) in [6, 6.07) is 8.71. The smallest absolute Gasteiger partial charge is 0.170 e. The summed E-state index contributed by atoms with van der Waals surface area (Å²) in [5, 5.41) is 0. The van der Waals surface area contributed by atoms with Gasteiger partial charge in [0.25, 0.3) is 0 Å². The zero-order chi connectivity index (χ0) is 14.5. The van der Waals surface area contributed by atoms with E-state index >= 15 is 0 Å². The molecule has 0 bridgehead atoms. The Morgan fingerprint density at radius 3 is 2.50 bits per heavy atom. The second-order valence-electron chi connectivity index (χ2n) is 5.36. The van der Waals surface area contributed by atoms with Crippen molar-refractivity contribution in [1.82, 2.24) is 9.36 Å². The average molecular weight is 307 g/mol. The molecule has 2 aromatic rings. The quantitative estimate of drug-likeness (QED) is 0.824. The monoisotopic (exact) mass is 307 g/mol. The Balaban J connectivity index is 1.90. The minimum Gasteiger partial charge on any atom is -0.323 e. The molecule has 1 atom stereocenters. The summed E-state index contributed by atoms with van der Waals surface area (Å²) in [6.07, 6.45) is 1.12. The lowest BCUT2D eigenvalue weighted by molar-refractivity contribution is 0.647. The second-order valence-corrected chi connectivity index (χ2v) is 7.38. The van der Waals surface area contributed by atoms with Gasteiger partial charge in [0.2, 0.25) is 0 Å². The highest BCUT2D eigenvalue weighted by Crippen LogP contribution is 2.25. The molecule has 0 aliphatic heterocycles. The number of nitrogens with two attached hydrogens (primary N) is 1. The first-order chi connectivity index (χ1) is 9.54. The van der Waals surface area contributed by atoms with Crippen LogP contribution in [0.4, 0.5) is 0 Å². The van der Waals surface area contributed by atoms with Crippen LogP contribution in [0.15, 0.2) is 28.6 Å². The molecule has 0 spiro atoms. The summed E-state index contributed by atoms with van der Waals surface area (Å²) in [7, 11) is 0. The third-order valence-corrected chi connectivity index (χ3v) is 4.99. The number of rotatable bonds is 6. The first-order valence-corrected chi connectivity index (χ1v) is 8.58. The molecule has 0 saturated heterocycles. The van der Waals surface area contributed by atoms with Gasteiger partial charge in [-0.05, 0) is 41.9 Å². The van der Waals surface area contributed by atoms with Crippen molar-refractivity contribution in [3.63, 3.8) is 0 Å². The zero-order valence-corrected chi connectivity index (χ0v) is 13.8. The summed E-state index contributed by atoms with van der Waals surface area (Å²) in [5.74, 6) is 2.35. The van der Waals surface area contributed by atoms with Crippen molar-refractivity contribution >= 4 is 23.3 Å². The van der Waals surface area contributed by atoms with Gasteiger partial charge >= 0.3 is 0 Å². The minimum absolute atomic E-state index is 0.0392. The van der Waals surface area contributed by atoms with Gasteiger partial charge in [-0.15, -0.1) is 0 Å². The number of hydrogen-bond donors (Lipinski definition) is 1. The molecule has 1 heterocycles. The molecule has 1 aromatic carbocycles. The lowest BCUT2D eigenvalue weighted by atomic mass is 10.0. The van der Waals surface area contributed by atoms with Crippen LogP contribution >= 0.6 is 23.3 Å². The van der Waals surface area contributed by atoms with Crippen LogP contribution in [-0.2, 0) is 6.42 Å². The molecule has 0 fully saturated rings. The van der Waals surface area contributed by atoms with E-state index in [0.29, 0.717) is 5.92 Å². The summed E-state index contributed by atoms with van der Waals surface area (Å²) in [4.78, 5) is 4.34. The van der Waals surface area contributed by atoms with Crippen LogP contribution < -0.4 is 5.73 Å². The van der Waals surface area contributed by atoms with E-state index in [0.717, 1.165) is 22.3 Å². The number of benzene rings is 1. The van der Waals surface area contributed by atoms with E-state index < -0.39 is 0 Å². The van der Waals surface area contributed by atoms with Crippen LogP contribution in [0.5, 0.6) is 0 Å². The average Bonchev–Trinajstić information content (AvgIpc) is 2.82. The van der Waals surface area contributed by atoms with E-state index in [4.69, 9.17) is 5.73 Å². The SMILES string of the molecule is Cc1nsc(SCC(N)c2ccc(CC(C)C)cc2)n1. The van der Waals surface area contributed by atoms with E-state index in [1.165, 1.54) is 22.7 Å². The molecule has 1 unspecified atom stereocenters. The number of nitrogens with zero attached hydrogens (tertiary/aromatic N) is 2. The summed E-state index contributed by atoms with van der Waals surface area (Å²) in [5.41, 5.74) is 8.80. The maximum Gasteiger partial charge on any atom is 0.170 e. The third kappa shape index (κ3) is 4.58. The lowest BCUT2D eigenvalue weighted by Gasteiger charge is -2.12. The van der Waals surface area contributed by atoms with E-state index in [9.17, 15) is 0 Å². The highest BCUT2D eigenvalue weighted by molar-refractivity contribution is 8.00. The van der Waals surface area contributed by atoms with Gasteiger partial charge in [-0.1, -0.05) is 49.9 Å². The highest BCUT2D eigenvalue weighted by atomic mass is 32.2. The number of hydrogen-bond acceptors (Lipinski definition) is 5. The normalized spacial score (nSPS) is 12.8. The largest absolute Gasteiger partial charge is 0.323 e. The van der Waals surface area contributed by atoms with Gasteiger partial charge < -0.3 is 5.73 Å². The van der Waals surface area contributed by atoms with E-state index in [1.54, 1.807) is 11.8 Å². The standard InChI is InChI=1S/C15H21N3S2/c1-10(2)8-12-4-6-13(7-5-12)14(16)9-19-15-17-11(3)18-20-15/h4-7,10,14H,8-9,16H2,1-3H3. The molecule has 3 nitrogen and oxygen atoms in total. The van der Waals surface area contributed by atoms with E-state index in [-0.39, 0.29) is 6.04 Å². The van der Waals surface area contributed by atoms with Crippen molar-refractivity contribution in [2.24, 2.45) is 11.7 Å². The molecule has 108 valence electrons. The van der Waals surface area contributed by atoms with Crippen LogP contribution in [0.2, 0.25) is 0 Å². The van der Waals surface area contributed by atoms with Gasteiger partial charge in [-0.25, -0.2) is 4.98 Å². The van der Waals surface area contributed by atoms with Crippen LogP contribution in [0.1, 0.15) is 36.8 Å². The van der Waals surface area contributed by atoms with Gasteiger partial charge in [0.05, 0.1) is 0 Å². The van der Waals surface area contributed by atoms with Crippen LogP contribution in [-0.4, -0.2) is 15.1 Å². The Morgan fingerprint density at radius 1 is 1.25 bits per heavy atom. The Bertz CT molecular complexity index is 534. The third-order valence-electron chi connectivity index (χ3n) is 2.95. The Hall–Kier alpha value is -0.910. The van der Waals surface area contributed by atoms with Crippen molar-refractivity contribution in [3.05, 3.63) is 41.2 Å². The van der Waals surface area contributed by atoms with Gasteiger partial charge in [-0.3, -0.25) is 0 Å². The fourth-order valence-corrected chi connectivity index (χ4v) is 3.63. The predicted octanol–water partition coefficient (Wildman–Crippen LogP) is 3.84. The maximum atomic E-state index is 6.24. The van der Waals surface area contributed by atoms with Crippen LogP contribution in [0.3, 0.4) is 0 Å². The first kappa shape index (κ1) is 15.5. The van der Waals surface area contributed by atoms with Crippen molar-refractivity contribution in [1.29, 1.82) is 0 Å². The lowest BCUT2D eigenvalue weighted by Crippen LogP contribution is -2.13. The van der Waals surface area contributed by atoms with Crippen molar-refractivity contribution in [2.75, 3.05) is 5.75 Å². The van der Waals surface area contributed by atoms with Gasteiger partial charge in [0.15, 0.2) is 4.34 Å². The molecule has 0 aliphatic rings. The van der Waals surface area contributed by atoms with Crippen molar-refractivity contribution in [2.45, 2.75) is 37.6 Å². The van der Waals surface area contributed by atoms with Crippen molar-refractivity contribution < 1.29 is 0 Å². The molecule has 0 aliphatic carbocycles. The summed E-state index contributed by atoms with van der Waals surface area (Å²) in [6.45, 7) is 6.38. The predicted molar refractivity (Wildman–Crippen MR) is 87.3 cm³/mol. The van der Waals surface area contributed by atoms with Crippen molar-refractivity contribution in [3.8, 4) is 0 Å². The zero-order valence-electron chi connectivity index (χ0n) is 12.2. The van der Waals surface area contributed by atoms with E-state index in [2.05, 4.69) is 47.5 Å². The fraction of sp³-hybridized carbons (Fsp3) is 0.467. The molecular formula is C15H21N3S2. The maximum absolute atomic E-state index is 6.24. The summed E-state index contributed by atoms with van der Waals surface area (Å²) < 4.78 is 5.17. The molecule has 20 heavy (non-hydrogen) atoms. The topological polar surface area (TPSA) is 51.8 Å². The number of thioether (sulfide) groups is 1. The first-order valence-electron chi connectivity index (χ1n) is 6.82. The van der Waals surface area contributed by atoms with Crippen LogP contribution in [0, 0.1) is 12.8 Å². The van der Waals surface area contributed by atoms with Crippen LogP contribution in [0.25, 0.3) is 0 Å². The molecule has 0 radical (unpaired) electrons. The van der Waals surface area contributed by atoms with Gasteiger partial charge in [0.1, 0.15) is 5.82 Å². The highest BCUT2D eigenvalue weighted by Gasteiger charge is 2.09. The Morgan fingerprint density at radius 2 is 1.95 bits per heavy atom.